The second-order valence-corrected chi connectivity index (χ2v) is 3.40. The molecule has 1 heterocycles. The van der Waals surface area contributed by atoms with Crippen molar-refractivity contribution in [2.45, 2.75) is 6.61 Å². The van der Waals surface area contributed by atoms with Crippen LogP contribution in [0.2, 0.25) is 5.02 Å². The van der Waals surface area contributed by atoms with Crippen LogP contribution in [0.3, 0.4) is 0 Å². The van der Waals surface area contributed by atoms with Gasteiger partial charge in [-0.15, -0.1) is 0 Å². The van der Waals surface area contributed by atoms with Gasteiger partial charge < -0.3 is 5.11 Å². The Morgan fingerprint density at radius 1 is 1.40 bits per heavy atom. The quantitative estimate of drug-likeness (QED) is 0.852. The van der Waals surface area contributed by atoms with Gasteiger partial charge in [0.25, 0.3) is 0 Å². The number of halogens is 2. The van der Waals surface area contributed by atoms with Crippen LogP contribution in [0.4, 0.5) is 4.39 Å². The Morgan fingerprint density at radius 2 is 2.20 bits per heavy atom. The molecular weight excluding hydrogens is 219 g/mol. The number of hydrogen-bond acceptors (Lipinski definition) is 2. The molecule has 0 amide bonds. The van der Waals surface area contributed by atoms with E-state index in [0.29, 0.717) is 11.4 Å². The highest BCUT2D eigenvalue weighted by Crippen LogP contribution is 2.19. The average molecular weight is 227 g/mol. The molecule has 0 aliphatic heterocycles. The second kappa shape index (κ2) is 4.00. The van der Waals surface area contributed by atoms with E-state index in [4.69, 9.17) is 16.7 Å². The first-order chi connectivity index (χ1) is 7.22. The molecule has 78 valence electrons. The van der Waals surface area contributed by atoms with Gasteiger partial charge in [-0.05, 0) is 24.3 Å². The van der Waals surface area contributed by atoms with Crippen LogP contribution in [-0.2, 0) is 6.61 Å². The van der Waals surface area contributed by atoms with E-state index in [9.17, 15) is 4.39 Å². The van der Waals surface area contributed by atoms with E-state index in [0.717, 1.165) is 0 Å². The summed E-state index contributed by atoms with van der Waals surface area (Å²) < 4.78 is 14.4. The van der Waals surface area contributed by atoms with E-state index in [2.05, 4.69) is 5.10 Å². The number of aliphatic hydroxyl groups excluding tert-OH is 1. The van der Waals surface area contributed by atoms with Crippen molar-refractivity contribution < 1.29 is 9.50 Å². The van der Waals surface area contributed by atoms with Crippen LogP contribution in [-0.4, -0.2) is 14.9 Å². The van der Waals surface area contributed by atoms with Crippen molar-refractivity contribution in [3.8, 4) is 5.69 Å². The number of aromatic nitrogens is 2. The Bertz CT molecular complexity index is 484. The molecule has 3 nitrogen and oxygen atoms in total. The third kappa shape index (κ3) is 1.86. The van der Waals surface area contributed by atoms with Gasteiger partial charge in [-0.2, -0.15) is 5.10 Å². The van der Waals surface area contributed by atoms with Crippen LogP contribution in [0.1, 0.15) is 5.69 Å². The molecule has 5 heteroatoms. The van der Waals surface area contributed by atoms with E-state index < -0.39 is 5.82 Å². The van der Waals surface area contributed by atoms with Gasteiger partial charge in [-0.1, -0.05) is 11.6 Å². The summed E-state index contributed by atoms with van der Waals surface area (Å²) >= 11 is 5.65. The molecule has 15 heavy (non-hydrogen) atoms. The summed E-state index contributed by atoms with van der Waals surface area (Å²) in [7, 11) is 0. The molecule has 1 aromatic carbocycles. The van der Waals surface area contributed by atoms with Gasteiger partial charge in [-0.3, -0.25) is 0 Å². The predicted octanol–water partition coefficient (Wildman–Crippen LogP) is 2.16. The maximum atomic E-state index is 12.9. The highest BCUT2D eigenvalue weighted by atomic mass is 35.5. The van der Waals surface area contributed by atoms with Gasteiger partial charge in [0.15, 0.2) is 0 Å². The van der Waals surface area contributed by atoms with Crippen LogP contribution in [0.5, 0.6) is 0 Å². The lowest BCUT2D eigenvalue weighted by atomic mass is 10.3. The fourth-order valence-electron chi connectivity index (χ4n) is 1.30. The zero-order valence-corrected chi connectivity index (χ0v) is 8.45. The summed E-state index contributed by atoms with van der Waals surface area (Å²) in [5, 5.41) is 13.1. The standard InChI is InChI=1S/C10H8ClFN2O/c11-9-5-7(1-2-10(9)12)14-8(6-15)3-4-13-14/h1-5,15H,6H2. The Morgan fingerprint density at radius 3 is 2.87 bits per heavy atom. The lowest BCUT2D eigenvalue weighted by molar-refractivity contribution is 0.273. The summed E-state index contributed by atoms with van der Waals surface area (Å²) in [5.74, 6) is -0.474. The van der Waals surface area contributed by atoms with Crippen molar-refractivity contribution in [1.82, 2.24) is 9.78 Å². The number of aliphatic hydroxyl groups is 1. The Balaban J connectivity index is 2.50. The van der Waals surface area contributed by atoms with Crippen molar-refractivity contribution in [1.29, 1.82) is 0 Å². The van der Waals surface area contributed by atoms with Gasteiger partial charge in [0, 0.05) is 6.20 Å². The second-order valence-electron chi connectivity index (χ2n) is 2.99. The first kappa shape index (κ1) is 10.1. The van der Waals surface area contributed by atoms with Gasteiger partial charge in [0.2, 0.25) is 0 Å². The minimum Gasteiger partial charge on any atom is -0.390 e. The van der Waals surface area contributed by atoms with E-state index >= 15 is 0 Å². The molecule has 2 aromatic rings. The number of benzene rings is 1. The molecular formula is C10H8ClFN2O. The largest absolute Gasteiger partial charge is 0.390 e. The molecule has 0 atom stereocenters. The first-order valence-corrected chi connectivity index (χ1v) is 4.69. The Kier molecular flexibility index (Phi) is 2.70. The minimum absolute atomic E-state index is 0.0342. The van der Waals surface area contributed by atoms with Crippen molar-refractivity contribution in [3.63, 3.8) is 0 Å². The van der Waals surface area contributed by atoms with Crippen molar-refractivity contribution in [2.75, 3.05) is 0 Å². The molecule has 0 unspecified atom stereocenters. The lowest BCUT2D eigenvalue weighted by Crippen LogP contribution is -2.02. The molecule has 0 spiro atoms. The molecule has 0 bridgehead atoms. The fraction of sp³-hybridized carbons (Fsp3) is 0.100. The van der Waals surface area contributed by atoms with Crippen LogP contribution in [0, 0.1) is 5.82 Å². The smallest absolute Gasteiger partial charge is 0.141 e. The van der Waals surface area contributed by atoms with E-state index in [1.165, 1.54) is 16.8 Å². The Hall–Kier alpha value is -1.39. The van der Waals surface area contributed by atoms with Gasteiger partial charge in [-0.25, -0.2) is 9.07 Å². The van der Waals surface area contributed by atoms with E-state index in [1.54, 1.807) is 18.3 Å². The summed E-state index contributed by atoms with van der Waals surface area (Å²) in [6, 6.07) is 5.95. The van der Waals surface area contributed by atoms with Crippen molar-refractivity contribution in [2.24, 2.45) is 0 Å². The van der Waals surface area contributed by atoms with Gasteiger partial charge in [0.1, 0.15) is 5.82 Å². The zero-order valence-electron chi connectivity index (χ0n) is 7.69. The lowest BCUT2D eigenvalue weighted by Gasteiger charge is -2.05. The zero-order chi connectivity index (χ0) is 10.8. The molecule has 1 N–H and O–H groups in total. The molecule has 0 radical (unpaired) electrons. The number of hydrogen-bond donors (Lipinski definition) is 1. The fourth-order valence-corrected chi connectivity index (χ4v) is 1.47. The maximum Gasteiger partial charge on any atom is 0.141 e. The minimum atomic E-state index is -0.474. The van der Waals surface area contributed by atoms with Gasteiger partial charge in [0.05, 0.1) is 23.0 Å². The molecule has 0 saturated carbocycles. The van der Waals surface area contributed by atoms with E-state index in [1.807, 2.05) is 0 Å². The first-order valence-electron chi connectivity index (χ1n) is 4.31. The monoisotopic (exact) mass is 226 g/mol. The summed E-state index contributed by atoms with van der Waals surface area (Å²) in [6.45, 7) is -0.130. The molecule has 2 rings (SSSR count). The van der Waals surface area contributed by atoms with Gasteiger partial charge >= 0.3 is 0 Å². The number of rotatable bonds is 2. The number of nitrogens with zero attached hydrogens (tertiary/aromatic N) is 2. The van der Waals surface area contributed by atoms with Crippen LogP contribution < -0.4 is 0 Å². The SMILES string of the molecule is OCc1ccnn1-c1ccc(F)c(Cl)c1. The summed E-state index contributed by atoms with van der Waals surface area (Å²) in [5.41, 5.74) is 1.24. The molecule has 0 fully saturated rings. The van der Waals surface area contributed by atoms with Crippen LogP contribution in [0.15, 0.2) is 30.5 Å². The summed E-state index contributed by atoms with van der Waals surface area (Å²) in [6.07, 6.45) is 1.56. The molecule has 0 aliphatic carbocycles. The topological polar surface area (TPSA) is 38.1 Å². The molecule has 0 saturated heterocycles. The normalized spacial score (nSPS) is 10.6. The molecule has 0 aliphatic rings. The van der Waals surface area contributed by atoms with Crippen LogP contribution >= 0.6 is 11.6 Å². The molecule has 1 aromatic heterocycles. The van der Waals surface area contributed by atoms with E-state index in [-0.39, 0.29) is 11.6 Å². The third-order valence-corrected chi connectivity index (χ3v) is 2.32. The maximum absolute atomic E-state index is 12.9. The average Bonchev–Trinajstić information content (AvgIpc) is 2.70. The van der Waals surface area contributed by atoms with Crippen molar-refractivity contribution >= 4 is 11.6 Å². The predicted molar refractivity (Wildman–Crippen MR) is 54.5 cm³/mol. The highest BCUT2D eigenvalue weighted by molar-refractivity contribution is 6.30. The van der Waals surface area contributed by atoms with Crippen LogP contribution in [0.25, 0.3) is 5.69 Å². The summed E-state index contributed by atoms with van der Waals surface area (Å²) in [4.78, 5) is 0. The third-order valence-electron chi connectivity index (χ3n) is 2.03. The van der Waals surface area contributed by atoms with Crippen molar-refractivity contribution in [3.05, 3.63) is 47.0 Å². The Labute approximate surface area is 90.7 Å². The highest BCUT2D eigenvalue weighted by Gasteiger charge is 2.06.